The summed E-state index contributed by atoms with van der Waals surface area (Å²) in [6.45, 7) is -0.523. The SMILES string of the molecule is OC[C@H]1O[C@H](Oc2cccc(O)c2)[C@H](O)[C@@H](O)[C@H]1O. The van der Waals surface area contributed by atoms with Crippen molar-refractivity contribution in [2.45, 2.75) is 30.7 Å². The molecule has 0 unspecified atom stereocenters. The van der Waals surface area contributed by atoms with E-state index in [9.17, 15) is 20.4 Å². The number of rotatable bonds is 3. The number of hydrogen-bond acceptors (Lipinski definition) is 7. The molecule has 1 fully saturated rings. The number of ether oxygens (including phenoxy) is 2. The number of hydrogen-bond donors (Lipinski definition) is 5. The first-order valence-corrected chi connectivity index (χ1v) is 5.79. The lowest BCUT2D eigenvalue weighted by atomic mass is 9.99. The smallest absolute Gasteiger partial charge is 0.229 e. The fraction of sp³-hybridized carbons (Fsp3) is 0.500. The molecule has 0 amide bonds. The zero-order valence-corrected chi connectivity index (χ0v) is 9.96. The monoisotopic (exact) mass is 272 g/mol. The van der Waals surface area contributed by atoms with Crippen LogP contribution in [0.5, 0.6) is 11.5 Å². The highest BCUT2D eigenvalue weighted by Crippen LogP contribution is 2.25. The Bertz CT molecular complexity index is 422. The molecule has 0 bridgehead atoms. The second kappa shape index (κ2) is 5.72. The summed E-state index contributed by atoms with van der Waals surface area (Å²) in [5.41, 5.74) is 0. The van der Waals surface area contributed by atoms with E-state index in [0.717, 1.165) is 0 Å². The van der Waals surface area contributed by atoms with E-state index in [4.69, 9.17) is 14.6 Å². The molecule has 1 aromatic carbocycles. The minimum absolute atomic E-state index is 0.0258. The molecular weight excluding hydrogens is 256 g/mol. The molecule has 0 radical (unpaired) electrons. The number of aliphatic hydroxyl groups excluding tert-OH is 4. The molecule has 5 N–H and O–H groups in total. The molecule has 0 aliphatic carbocycles. The third kappa shape index (κ3) is 2.96. The van der Waals surface area contributed by atoms with Crippen molar-refractivity contribution in [2.24, 2.45) is 0 Å². The first kappa shape index (κ1) is 14.0. The van der Waals surface area contributed by atoms with Crippen LogP contribution in [0, 0.1) is 0 Å². The average Bonchev–Trinajstić information content (AvgIpc) is 2.39. The Morgan fingerprint density at radius 3 is 2.47 bits per heavy atom. The molecule has 2 rings (SSSR count). The Morgan fingerprint density at radius 2 is 1.84 bits per heavy atom. The standard InChI is InChI=1S/C12H16O7/c13-5-8-9(15)10(16)11(17)12(19-8)18-7-3-1-2-6(14)4-7/h1-4,8-17H,5H2/t8-,9+,10+,11-,12+/m1/s1. The predicted octanol–water partition coefficient (Wildman–Crippen LogP) is -1.43. The van der Waals surface area contributed by atoms with E-state index in [1.807, 2.05) is 0 Å². The fourth-order valence-corrected chi connectivity index (χ4v) is 1.86. The first-order chi connectivity index (χ1) is 9.02. The fourth-order valence-electron chi connectivity index (χ4n) is 1.86. The van der Waals surface area contributed by atoms with E-state index in [-0.39, 0.29) is 11.5 Å². The average molecular weight is 272 g/mol. The molecule has 1 saturated heterocycles. The van der Waals surface area contributed by atoms with Gasteiger partial charge in [0, 0.05) is 6.07 Å². The van der Waals surface area contributed by atoms with E-state index in [1.54, 1.807) is 0 Å². The summed E-state index contributed by atoms with van der Waals surface area (Å²) in [5, 5.41) is 47.2. The van der Waals surface area contributed by atoms with Crippen LogP contribution < -0.4 is 4.74 Å². The third-order valence-corrected chi connectivity index (χ3v) is 2.92. The molecule has 1 aliphatic heterocycles. The Kier molecular flexibility index (Phi) is 4.23. The molecule has 1 aliphatic rings. The van der Waals surface area contributed by atoms with Crippen molar-refractivity contribution >= 4 is 0 Å². The molecule has 0 aromatic heterocycles. The van der Waals surface area contributed by atoms with Gasteiger partial charge < -0.3 is 35.0 Å². The summed E-state index contributed by atoms with van der Waals surface area (Å²) in [7, 11) is 0. The molecular formula is C12H16O7. The Morgan fingerprint density at radius 1 is 1.11 bits per heavy atom. The Hall–Kier alpha value is -1.38. The molecule has 0 saturated carbocycles. The van der Waals surface area contributed by atoms with Gasteiger partial charge in [0.1, 0.15) is 35.9 Å². The van der Waals surface area contributed by atoms with Crippen LogP contribution in [0.3, 0.4) is 0 Å². The molecule has 19 heavy (non-hydrogen) atoms. The van der Waals surface area contributed by atoms with Gasteiger partial charge in [-0.25, -0.2) is 0 Å². The zero-order valence-electron chi connectivity index (χ0n) is 9.96. The van der Waals surface area contributed by atoms with Crippen molar-refractivity contribution in [3.8, 4) is 11.5 Å². The maximum absolute atomic E-state index is 9.75. The largest absolute Gasteiger partial charge is 0.508 e. The highest BCUT2D eigenvalue weighted by Gasteiger charge is 2.44. The predicted molar refractivity (Wildman–Crippen MR) is 62.5 cm³/mol. The molecule has 1 heterocycles. The second-order valence-corrected chi connectivity index (χ2v) is 4.31. The van der Waals surface area contributed by atoms with Crippen LogP contribution in [0.4, 0.5) is 0 Å². The maximum Gasteiger partial charge on any atom is 0.229 e. The van der Waals surface area contributed by atoms with Gasteiger partial charge in [0.2, 0.25) is 6.29 Å². The molecule has 106 valence electrons. The van der Waals surface area contributed by atoms with E-state index < -0.39 is 37.3 Å². The second-order valence-electron chi connectivity index (χ2n) is 4.31. The van der Waals surface area contributed by atoms with Gasteiger partial charge in [0.25, 0.3) is 0 Å². The summed E-state index contributed by atoms with van der Waals surface area (Å²) in [6, 6.07) is 5.82. The summed E-state index contributed by atoms with van der Waals surface area (Å²) >= 11 is 0. The van der Waals surface area contributed by atoms with Gasteiger partial charge in [0.05, 0.1) is 6.61 Å². The van der Waals surface area contributed by atoms with Crippen molar-refractivity contribution in [1.82, 2.24) is 0 Å². The van der Waals surface area contributed by atoms with Crippen LogP contribution in [0.2, 0.25) is 0 Å². The topological polar surface area (TPSA) is 120 Å². The van der Waals surface area contributed by atoms with Crippen LogP contribution in [-0.2, 0) is 4.74 Å². The van der Waals surface area contributed by atoms with Crippen LogP contribution in [0.15, 0.2) is 24.3 Å². The minimum Gasteiger partial charge on any atom is -0.508 e. The number of phenolic OH excluding ortho intramolecular Hbond substituents is 1. The minimum atomic E-state index is -1.49. The van der Waals surface area contributed by atoms with Crippen LogP contribution in [0.1, 0.15) is 0 Å². The highest BCUT2D eigenvalue weighted by atomic mass is 16.7. The zero-order chi connectivity index (χ0) is 14.0. The maximum atomic E-state index is 9.75. The molecule has 1 aromatic rings. The lowest BCUT2D eigenvalue weighted by molar-refractivity contribution is -0.277. The highest BCUT2D eigenvalue weighted by molar-refractivity contribution is 5.31. The third-order valence-electron chi connectivity index (χ3n) is 2.92. The van der Waals surface area contributed by atoms with Crippen LogP contribution >= 0.6 is 0 Å². The summed E-state index contributed by atoms with van der Waals surface area (Å²) in [4.78, 5) is 0. The Labute approximate surface area is 109 Å². The lowest BCUT2D eigenvalue weighted by Crippen LogP contribution is -2.60. The van der Waals surface area contributed by atoms with E-state index >= 15 is 0 Å². The van der Waals surface area contributed by atoms with Gasteiger partial charge in [-0.2, -0.15) is 0 Å². The van der Waals surface area contributed by atoms with Crippen molar-refractivity contribution in [1.29, 1.82) is 0 Å². The van der Waals surface area contributed by atoms with E-state index in [2.05, 4.69) is 0 Å². The summed E-state index contributed by atoms with van der Waals surface area (Å²) in [5.74, 6) is 0.200. The normalized spacial score (nSPS) is 35.1. The summed E-state index contributed by atoms with van der Waals surface area (Å²) in [6.07, 6.45) is -6.67. The van der Waals surface area contributed by atoms with Gasteiger partial charge >= 0.3 is 0 Å². The van der Waals surface area contributed by atoms with Crippen LogP contribution in [0.25, 0.3) is 0 Å². The molecule has 0 spiro atoms. The van der Waals surface area contributed by atoms with Gasteiger partial charge in [0.15, 0.2) is 0 Å². The number of aliphatic hydroxyl groups is 4. The van der Waals surface area contributed by atoms with Crippen molar-refractivity contribution in [3.05, 3.63) is 24.3 Å². The van der Waals surface area contributed by atoms with E-state index in [0.29, 0.717) is 0 Å². The lowest BCUT2D eigenvalue weighted by Gasteiger charge is -2.39. The van der Waals surface area contributed by atoms with Crippen molar-refractivity contribution < 1.29 is 35.0 Å². The van der Waals surface area contributed by atoms with E-state index in [1.165, 1.54) is 24.3 Å². The number of benzene rings is 1. The van der Waals surface area contributed by atoms with Crippen molar-refractivity contribution in [2.75, 3.05) is 6.61 Å². The summed E-state index contributed by atoms with van der Waals surface area (Å²) < 4.78 is 10.4. The van der Waals surface area contributed by atoms with Gasteiger partial charge in [-0.05, 0) is 12.1 Å². The van der Waals surface area contributed by atoms with Crippen molar-refractivity contribution in [3.63, 3.8) is 0 Å². The molecule has 7 nitrogen and oxygen atoms in total. The number of aromatic hydroxyl groups is 1. The molecule has 7 heteroatoms. The quantitative estimate of drug-likeness (QED) is 0.457. The number of phenols is 1. The van der Waals surface area contributed by atoms with Gasteiger partial charge in [-0.1, -0.05) is 6.07 Å². The molecule has 5 atom stereocenters. The van der Waals surface area contributed by atoms with Gasteiger partial charge in [-0.3, -0.25) is 0 Å². The van der Waals surface area contributed by atoms with Gasteiger partial charge in [-0.15, -0.1) is 0 Å². The Balaban J connectivity index is 2.10. The first-order valence-electron chi connectivity index (χ1n) is 5.79. The van der Waals surface area contributed by atoms with Crippen LogP contribution in [-0.4, -0.2) is 62.8 Å².